The molecule has 9 aromatic carbocycles. The highest BCUT2D eigenvalue weighted by molar-refractivity contribution is 7.26. The van der Waals surface area contributed by atoms with Gasteiger partial charge >= 0.3 is 0 Å². The van der Waals surface area contributed by atoms with Crippen LogP contribution < -0.4 is 0 Å². The van der Waals surface area contributed by atoms with E-state index in [1.165, 1.54) is 47.1 Å². The Balaban J connectivity index is 0.955. The van der Waals surface area contributed by atoms with Crippen molar-refractivity contribution in [1.29, 1.82) is 0 Å². The summed E-state index contributed by atoms with van der Waals surface area (Å²) in [7, 11) is 0. The van der Waals surface area contributed by atoms with Crippen LogP contribution in [0.5, 0.6) is 0 Å². The van der Waals surface area contributed by atoms with Gasteiger partial charge in [0.25, 0.3) is 0 Å². The molecule has 0 atom stereocenters. The van der Waals surface area contributed by atoms with E-state index >= 15 is 0 Å². The fourth-order valence-electron chi connectivity index (χ4n) is 8.88. The Morgan fingerprint density at radius 2 is 0.885 bits per heavy atom. The maximum absolute atomic E-state index is 5.58. The molecule has 0 aliphatic heterocycles. The quantitative estimate of drug-likeness (QED) is 0.157. The van der Waals surface area contributed by atoms with Crippen molar-refractivity contribution in [3.63, 3.8) is 0 Å². The molecule has 0 saturated carbocycles. The molecule has 0 N–H and O–H groups in total. The second-order valence-corrected chi connectivity index (χ2v) is 16.6. The molecular weight excluding hydrogens is 759 g/mol. The van der Waals surface area contributed by atoms with Gasteiger partial charge in [0.1, 0.15) is 0 Å². The van der Waals surface area contributed by atoms with Crippen molar-refractivity contribution in [2.45, 2.75) is 0 Å². The Hall–Kier alpha value is -7.79. The molecule has 61 heavy (non-hydrogen) atoms. The topological polar surface area (TPSA) is 38.7 Å². The smallest absolute Gasteiger partial charge is 0.160 e. The molecule has 0 aliphatic rings. The lowest BCUT2D eigenvalue weighted by Gasteiger charge is -2.13. The second kappa shape index (κ2) is 14.5. The second-order valence-electron chi connectivity index (χ2n) is 15.5. The van der Waals surface area contributed by atoms with Crippen LogP contribution in [0.15, 0.2) is 212 Å². The molecule has 0 unspecified atom stereocenters. The molecule has 12 rings (SSSR count). The van der Waals surface area contributed by atoms with Gasteiger partial charge in [-0.05, 0) is 74.1 Å². The Morgan fingerprint density at radius 3 is 1.66 bits per heavy atom. The Kier molecular flexibility index (Phi) is 8.36. The van der Waals surface area contributed by atoms with Gasteiger partial charge in [-0.25, -0.2) is 15.0 Å². The summed E-state index contributed by atoms with van der Waals surface area (Å²) in [5.41, 5.74) is 12.6. The highest BCUT2D eigenvalue weighted by atomic mass is 32.1. The minimum absolute atomic E-state index is 0.712. The standard InChI is InChI=1S/C57H35N3S/c1-3-14-37(15-4-1)50-35-51(60-57(59-50)39-16-5-2-6-17-39)38-28-26-36(27-29-38)40-19-13-20-41(32-40)42-30-31-47-52(34-42)58-55(56-54(47)48-24-11-12-25-53(48)61-56)49-33-43-18-7-8-21-44(43)45-22-9-10-23-46(45)49/h1-35H. The number of hydrogen-bond acceptors (Lipinski definition) is 4. The number of pyridine rings is 1. The highest BCUT2D eigenvalue weighted by Gasteiger charge is 2.19. The molecule has 284 valence electrons. The van der Waals surface area contributed by atoms with Crippen LogP contribution in [0.1, 0.15) is 0 Å². The molecule has 0 radical (unpaired) electrons. The summed E-state index contributed by atoms with van der Waals surface area (Å²) in [4.78, 5) is 15.6. The zero-order valence-corrected chi connectivity index (χ0v) is 33.8. The molecule has 0 bridgehead atoms. The predicted molar refractivity (Wildman–Crippen MR) is 258 cm³/mol. The zero-order chi connectivity index (χ0) is 40.3. The zero-order valence-electron chi connectivity index (χ0n) is 33.0. The number of fused-ring (bicyclic) bond motifs is 8. The lowest BCUT2D eigenvalue weighted by atomic mass is 9.93. The molecule has 0 saturated heterocycles. The van der Waals surface area contributed by atoms with E-state index in [4.69, 9.17) is 15.0 Å². The van der Waals surface area contributed by atoms with Crippen molar-refractivity contribution < 1.29 is 0 Å². The van der Waals surface area contributed by atoms with Crippen molar-refractivity contribution in [2.75, 3.05) is 0 Å². The van der Waals surface area contributed by atoms with Crippen LogP contribution in [0.25, 0.3) is 120 Å². The van der Waals surface area contributed by atoms with Crippen molar-refractivity contribution in [1.82, 2.24) is 15.0 Å². The molecule has 0 spiro atoms. The summed E-state index contributed by atoms with van der Waals surface area (Å²) in [6.45, 7) is 0. The van der Waals surface area contributed by atoms with Gasteiger partial charge in [-0.3, -0.25) is 0 Å². The van der Waals surface area contributed by atoms with Crippen molar-refractivity contribution in [3.05, 3.63) is 212 Å². The molecule has 12 aromatic rings. The number of rotatable bonds is 6. The van der Waals surface area contributed by atoms with Crippen molar-refractivity contribution >= 4 is 64.0 Å². The average Bonchev–Trinajstić information content (AvgIpc) is 3.74. The van der Waals surface area contributed by atoms with Crippen LogP contribution in [0.3, 0.4) is 0 Å². The van der Waals surface area contributed by atoms with E-state index < -0.39 is 0 Å². The van der Waals surface area contributed by atoms with Crippen molar-refractivity contribution in [2.24, 2.45) is 0 Å². The summed E-state index contributed by atoms with van der Waals surface area (Å²) >= 11 is 1.84. The molecule has 0 amide bonds. The van der Waals surface area contributed by atoms with Crippen molar-refractivity contribution in [3.8, 4) is 67.4 Å². The molecule has 3 heterocycles. The number of nitrogens with zero attached hydrogens (tertiary/aromatic N) is 3. The number of benzene rings is 9. The van der Waals surface area contributed by atoms with Crippen LogP contribution >= 0.6 is 11.3 Å². The summed E-state index contributed by atoms with van der Waals surface area (Å²) in [6, 6.07) is 75.5. The van der Waals surface area contributed by atoms with Gasteiger partial charge < -0.3 is 0 Å². The third kappa shape index (κ3) is 6.16. The molecule has 0 aliphatic carbocycles. The van der Waals surface area contributed by atoms with E-state index in [-0.39, 0.29) is 0 Å². The van der Waals surface area contributed by atoms with E-state index in [0.29, 0.717) is 5.82 Å². The van der Waals surface area contributed by atoms with E-state index in [0.717, 1.165) is 67.1 Å². The molecule has 3 aromatic heterocycles. The predicted octanol–water partition coefficient (Wildman–Crippen LogP) is 15.7. The lowest BCUT2D eigenvalue weighted by molar-refractivity contribution is 1.18. The Morgan fingerprint density at radius 1 is 0.328 bits per heavy atom. The van der Waals surface area contributed by atoms with E-state index in [2.05, 4.69) is 176 Å². The summed E-state index contributed by atoms with van der Waals surface area (Å²) in [6.07, 6.45) is 0. The third-order valence-electron chi connectivity index (χ3n) is 11.9. The molecule has 4 heteroatoms. The molecular formula is C57H35N3S. The number of hydrogen-bond donors (Lipinski definition) is 0. The van der Waals surface area contributed by atoms with Crippen LogP contribution in [0.2, 0.25) is 0 Å². The first-order chi connectivity index (χ1) is 30.2. The first-order valence-corrected chi connectivity index (χ1v) is 21.4. The summed E-state index contributed by atoms with van der Waals surface area (Å²) in [5, 5.41) is 8.66. The van der Waals surface area contributed by atoms with Crippen LogP contribution in [0, 0.1) is 0 Å². The Bertz CT molecular complexity index is 3570. The normalized spacial score (nSPS) is 11.6. The van der Waals surface area contributed by atoms with Gasteiger partial charge in [0.15, 0.2) is 5.82 Å². The number of thiophene rings is 1. The first kappa shape index (κ1) is 35.2. The Labute approximate surface area is 356 Å². The van der Waals surface area contributed by atoms with Gasteiger partial charge in [0.05, 0.1) is 27.3 Å². The van der Waals surface area contributed by atoms with Crippen LogP contribution in [0.4, 0.5) is 0 Å². The monoisotopic (exact) mass is 793 g/mol. The lowest BCUT2D eigenvalue weighted by Crippen LogP contribution is -1.95. The highest BCUT2D eigenvalue weighted by Crippen LogP contribution is 2.46. The summed E-state index contributed by atoms with van der Waals surface area (Å²) < 4.78 is 2.50. The fourth-order valence-corrected chi connectivity index (χ4v) is 10.1. The largest absolute Gasteiger partial charge is 0.246 e. The van der Waals surface area contributed by atoms with Gasteiger partial charge in [0, 0.05) is 43.1 Å². The van der Waals surface area contributed by atoms with Crippen LogP contribution in [-0.2, 0) is 0 Å². The van der Waals surface area contributed by atoms with Gasteiger partial charge in [-0.2, -0.15) is 0 Å². The van der Waals surface area contributed by atoms with Gasteiger partial charge in [-0.1, -0.05) is 182 Å². The van der Waals surface area contributed by atoms with E-state index in [1.807, 2.05) is 47.7 Å². The van der Waals surface area contributed by atoms with Gasteiger partial charge in [0.2, 0.25) is 0 Å². The van der Waals surface area contributed by atoms with Gasteiger partial charge in [-0.15, -0.1) is 11.3 Å². The SMILES string of the molecule is c1ccc(-c2cc(-c3ccc(-c4cccc(-c5ccc6c(c5)nc(-c5cc7ccccc7c7ccccc57)c5sc7ccccc7c56)c4)cc3)nc(-c3ccccc3)n2)cc1. The summed E-state index contributed by atoms with van der Waals surface area (Å²) in [5.74, 6) is 0.712. The fraction of sp³-hybridized carbons (Fsp3) is 0. The van der Waals surface area contributed by atoms with Crippen LogP contribution in [-0.4, -0.2) is 15.0 Å². The minimum Gasteiger partial charge on any atom is -0.246 e. The number of aromatic nitrogens is 3. The minimum atomic E-state index is 0.712. The third-order valence-corrected chi connectivity index (χ3v) is 13.0. The maximum Gasteiger partial charge on any atom is 0.160 e. The average molecular weight is 794 g/mol. The first-order valence-electron chi connectivity index (χ1n) is 20.6. The maximum atomic E-state index is 5.58. The molecule has 3 nitrogen and oxygen atoms in total. The van der Waals surface area contributed by atoms with E-state index in [1.54, 1.807) is 0 Å². The van der Waals surface area contributed by atoms with E-state index in [9.17, 15) is 0 Å². The molecule has 0 fully saturated rings.